The van der Waals surface area contributed by atoms with Gasteiger partial charge in [0.05, 0.1) is 13.2 Å². The van der Waals surface area contributed by atoms with Crippen molar-refractivity contribution in [2.45, 2.75) is 38.5 Å². The van der Waals surface area contributed by atoms with Gasteiger partial charge in [-0.15, -0.1) is 0 Å². The first-order chi connectivity index (χ1) is 7.24. The van der Waals surface area contributed by atoms with E-state index in [2.05, 4.69) is 4.90 Å². The Morgan fingerprint density at radius 3 is 2.93 bits per heavy atom. The van der Waals surface area contributed by atoms with E-state index in [1.54, 1.807) is 0 Å². The summed E-state index contributed by atoms with van der Waals surface area (Å²) in [6.45, 7) is 4.52. The number of likely N-dealkylation sites (N-methyl/N-ethyl adjacent to an activating group) is 1. The molecular formula is C11H23NO3. The summed E-state index contributed by atoms with van der Waals surface area (Å²) in [5.74, 6) is 0. The van der Waals surface area contributed by atoms with Crippen molar-refractivity contribution >= 4 is 0 Å². The molecule has 4 nitrogen and oxygen atoms in total. The number of rotatable bonds is 6. The van der Waals surface area contributed by atoms with E-state index in [9.17, 15) is 0 Å². The Morgan fingerprint density at radius 1 is 1.53 bits per heavy atom. The topological polar surface area (TPSA) is 41.9 Å². The van der Waals surface area contributed by atoms with Gasteiger partial charge < -0.3 is 14.6 Å². The maximum absolute atomic E-state index is 8.95. The van der Waals surface area contributed by atoms with Gasteiger partial charge in [0.25, 0.3) is 0 Å². The summed E-state index contributed by atoms with van der Waals surface area (Å²) in [6, 6.07) is 0.195. The molecule has 90 valence electrons. The maximum Gasteiger partial charge on any atom is 0.157 e. The molecule has 0 saturated carbocycles. The smallest absolute Gasteiger partial charge is 0.157 e. The van der Waals surface area contributed by atoms with Crippen molar-refractivity contribution in [2.24, 2.45) is 0 Å². The number of nitrogens with zero attached hydrogens (tertiary/aromatic N) is 1. The highest BCUT2D eigenvalue weighted by molar-refractivity contribution is 4.61. The second-order valence-electron chi connectivity index (χ2n) is 4.18. The van der Waals surface area contributed by atoms with Gasteiger partial charge in [0, 0.05) is 19.2 Å². The van der Waals surface area contributed by atoms with Crippen LogP contribution in [0.3, 0.4) is 0 Å². The molecule has 1 fully saturated rings. The first-order valence-corrected chi connectivity index (χ1v) is 5.78. The second kappa shape index (κ2) is 7.17. The molecule has 1 saturated heterocycles. The van der Waals surface area contributed by atoms with E-state index in [4.69, 9.17) is 14.6 Å². The summed E-state index contributed by atoms with van der Waals surface area (Å²) in [5, 5.41) is 8.95. The van der Waals surface area contributed by atoms with Crippen molar-refractivity contribution in [3.8, 4) is 0 Å². The lowest BCUT2D eigenvalue weighted by molar-refractivity contribution is -0.164. The molecule has 0 aromatic rings. The molecule has 0 aromatic heterocycles. The first kappa shape index (κ1) is 12.9. The van der Waals surface area contributed by atoms with Gasteiger partial charge in [-0.25, -0.2) is 0 Å². The second-order valence-corrected chi connectivity index (χ2v) is 4.18. The highest BCUT2D eigenvalue weighted by Crippen LogP contribution is 2.13. The van der Waals surface area contributed by atoms with E-state index in [-0.39, 0.29) is 18.9 Å². The molecule has 2 unspecified atom stereocenters. The number of aliphatic hydroxyl groups is 1. The Bertz CT molecular complexity index is 158. The molecule has 1 aliphatic rings. The van der Waals surface area contributed by atoms with Gasteiger partial charge >= 0.3 is 0 Å². The Kier molecular flexibility index (Phi) is 6.17. The summed E-state index contributed by atoms with van der Waals surface area (Å²) in [7, 11) is 1.99. The molecule has 0 radical (unpaired) electrons. The molecule has 1 rings (SSSR count). The van der Waals surface area contributed by atoms with Crippen LogP contribution in [0.4, 0.5) is 0 Å². The molecule has 4 heteroatoms. The normalized spacial score (nSPS) is 24.4. The van der Waals surface area contributed by atoms with E-state index in [1.807, 2.05) is 14.0 Å². The molecule has 0 aromatic carbocycles. The van der Waals surface area contributed by atoms with Gasteiger partial charge in [-0.1, -0.05) is 0 Å². The van der Waals surface area contributed by atoms with Crippen LogP contribution < -0.4 is 0 Å². The molecule has 1 N–H and O–H groups in total. The molecule has 1 aliphatic heterocycles. The van der Waals surface area contributed by atoms with Crippen molar-refractivity contribution in [1.29, 1.82) is 0 Å². The third kappa shape index (κ3) is 4.93. The van der Waals surface area contributed by atoms with E-state index >= 15 is 0 Å². The largest absolute Gasteiger partial charge is 0.395 e. The van der Waals surface area contributed by atoms with Crippen LogP contribution >= 0.6 is 0 Å². The van der Waals surface area contributed by atoms with Gasteiger partial charge in [0.15, 0.2) is 6.29 Å². The van der Waals surface area contributed by atoms with Gasteiger partial charge in [0.2, 0.25) is 0 Å². The van der Waals surface area contributed by atoms with Crippen molar-refractivity contribution in [3.63, 3.8) is 0 Å². The predicted octanol–water partition coefficient (Wildman–Crippen LogP) is 0.842. The summed E-state index contributed by atoms with van der Waals surface area (Å²) >= 11 is 0. The fourth-order valence-electron chi connectivity index (χ4n) is 1.53. The number of aliphatic hydroxyl groups excluding tert-OH is 1. The Balaban J connectivity index is 2.04. The van der Waals surface area contributed by atoms with Crippen molar-refractivity contribution < 1.29 is 14.6 Å². The van der Waals surface area contributed by atoms with Crippen molar-refractivity contribution in [1.82, 2.24) is 4.90 Å². The molecule has 0 bridgehead atoms. The average Bonchev–Trinajstić information content (AvgIpc) is 2.29. The molecule has 0 aliphatic carbocycles. The van der Waals surface area contributed by atoms with Crippen molar-refractivity contribution in [2.75, 3.05) is 33.4 Å². The fourth-order valence-corrected chi connectivity index (χ4v) is 1.53. The standard InChI is InChI=1S/C11H23NO3/c1-10(9-13)12(2)6-8-15-11-5-3-4-7-14-11/h10-11,13H,3-9H2,1-2H3. The zero-order chi connectivity index (χ0) is 11.1. The van der Waals surface area contributed by atoms with Gasteiger partial charge in [-0.2, -0.15) is 0 Å². The average molecular weight is 217 g/mol. The summed E-state index contributed by atoms with van der Waals surface area (Å²) < 4.78 is 11.1. The Labute approximate surface area is 92.2 Å². The van der Waals surface area contributed by atoms with E-state index in [1.165, 1.54) is 6.42 Å². The number of hydrogen-bond donors (Lipinski definition) is 1. The Hall–Kier alpha value is -0.160. The molecule has 15 heavy (non-hydrogen) atoms. The first-order valence-electron chi connectivity index (χ1n) is 5.78. The van der Waals surface area contributed by atoms with Crippen molar-refractivity contribution in [3.05, 3.63) is 0 Å². The third-order valence-electron chi connectivity index (χ3n) is 2.90. The molecule has 0 spiro atoms. The van der Waals surface area contributed by atoms with E-state index in [0.717, 1.165) is 26.0 Å². The van der Waals surface area contributed by atoms with E-state index in [0.29, 0.717) is 6.61 Å². The highest BCUT2D eigenvalue weighted by atomic mass is 16.7. The van der Waals surface area contributed by atoms with Crippen LogP contribution in [0.1, 0.15) is 26.2 Å². The zero-order valence-corrected chi connectivity index (χ0v) is 9.82. The van der Waals surface area contributed by atoms with Crippen LogP contribution in [-0.4, -0.2) is 55.8 Å². The predicted molar refractivity (Wildman–Crippen MR) is 58.7 cm³/mol. The van der Waals surface area contributed by atoms with Crippen LogP contribution in [-0.2, 0) is 9.47 Å². The third-order valence-corrected chi connectivity index (χ3v) is 2.90. The van der Waals surface area contributed by atoms with Gasteiger partial charge in [-0.3, -0.25) is 4.90 Å². The molecular weight excluding hydrogens is 194 g/mol. The van der Waals surface area contributed by atoms with Crippen LogP contribution in [0.5, 0.6) is 0 Å². The summed E-state index contributed by atoms with van der Waals surface area (Å²) in [4.78, 5) is 2.09. The lowest BCUT2D eigenvalue weighted by Gasteiger charge is -2.26. The zero-order valence-electron chi connectivity index (χ0n) is 9.82. The van der Waals surface area contributed by atoms with E-state index < -0.39 is 0 Å². The van der Waals surface area contributed by atoms with Crippen LogP contribution in [0, 0.1) is 0 Å². The molecule has 1 heterocycles. The lowest BCUT2D eigenvalue weighted by atomic mass is 10.2. The minimum Gasteiger partial charge on any atom is -0.395 e. The maximum atomic E-state index is 8.95. The SMILES string of the molecule is CC(CO)N(C)CCOC1CCCCO1. The van der Waals surface area contributed by atoms with Crippen LogP contribution in [0.2, 0.25) is 0 Å². The van der Waals surface area contributed by atoms with Gasteiger partial charge in [-0.05, 0) is 33.2 Å². The number of hydrogen-bond acceptors (Lipinski definition) is 4. The van der Waals surface area contributed by atoms with Crippen LogP contribution in [0.15, 0.2) is 0 Å². The quantitative estimate of drug-likeness (QED) is 0.716. The highest BCUT2D eigenvalue weighted by Gasteiger charge is 2.14. The van der Waals surface area contributed by atoms with Crippen LogP contribution in [0.25, 0.3) is 0 Å². The molecule has 2 atom stereocenters. The Morgan fingerprint density at radius 2 is 2.33 bits per heavy atom. The summed E-state index contributed by atoms with van der Waals surface area (Å²) in [5.41, 5.74) is 0. The minimum absolute atomic E-state index is 0.00316. The molecule has 0 amide bonds. The fraction of sp³-hybridized carbons (Fsp3) is 1.00. The minimum atomic E-state index is -0.00316. The summed E-state index contributed by atoms with van der Waals surface area (Å²) in [6.07, 6.45) is 3.37. The van der Waals surface area contributed by atoms with Gasteiger partial charge in [0.1, 0.15) is 0 Å². The number of ether oxygens (including phenoxy) is 2. The lowest BCUT2D eigenvalue weighted by Crippen LogP contribution is -2.35. The monoisotopic (exact) mass is 217 g/mol.